The summed E-state index contributed by atoms with van der Waals surface area (Å²) in [7, 11) is 0. The van der Waals surface area contributed by atoms with E-state index in [4.69, 9.17) is 10.6 Å². The minimum Gasteiger partial charge on any atom is -0.461 e. The largest absolute Gasteiger partial charge is 0.461 e. The van der Waals surface area contributed by atoms with Crippen LogP contribution in [0.3, 0.4) is 0 Å². The highest BCUT2D eigenvalue weighted by Gasteiger charge is 2.33. The topological polar surface area (TPSA) is 82.7 Å². The number of ether oxygens (including phenoxy) is 1. The molecule has 5 nitrogen and oxygen atoms in total. The van der Waals surface area contributed by atoms with E-state index in [-0.39, 0.29) is 23.9 Å². The van der Waals surface area contributed by atoms with E-state index in [1.165, 1.54) is 0 Å². The predicted octanol–water partition coefficient (Wildman–Crippen LogP) is 0.809. The summed E-state index contributed by atoms with van der Waals surface area (Å²) in [5, 5.41) is 18.9. The molecule has 0 aromatic rings. The van der Waals surface area contributed by atoms with Gasteiger partial charge in [-0.1, -0.05) is 5.16 Å². The lowest BCUT2D eigenvalue weighted by molar-refractivity contribution is -0.134. The summed E-state index contributed by atoms with van der Waals surface area (Å²) in [6.07, 6.45) is 1.75. The van der Waals surface area contributed by atoms with Crippen LogP contribution in [0.1, 0.15) is 19.8 Å². The van der Waals surface area contributed by atoms with Crippen molar-refractivity contribution in [1.29, 1.82) is 5.41 Å². The molecule has 0 radical (unpaired) electrons. The number of carbonyl (C=O) groups excluding carboxylic acids is 1. The number of oxime groups is 1. The lowest BCUT2D eigenvalue weighted by atomic mass is 10.1. The quantitative estimate of drug-likeness (QED) is 0.293. The number of nitrogens with zero attached hydrogens (tertiary/aromatic N) is 1. The smallest absolute Gasteiger partial charge is 0.358 e. The molecule has 0 saturated heterocycles. The molecule has 0 atom stereocenters. The highest BCUT2D eigenvalue weighted by Crippen LogP contribution is 2.31. The molecule has 13 heavy (non-hydrogen) atoms. The van der Waals surface area contributed by atoms with Crippen LogP contribution < -0.4 is 0 Å². The maximum Gasteiger partial charge on any atom is 0.358 e. The number of hydrogen-bond acceptors (Lipinski definition) is 5. The molecule has 1 aliphatic carbocycles. The molecule has 1 rings (SSSR count). The molecule has 0 unspecified atom stereocenters. The van der Waals surface area contributed by atoms with Gasteiger partial charge >= 0.3 is 5.97 Å². The van der Waals surface area contributed by atoms with Gasteiger partial charge in [0, 0.05) is 5.92 Å². The molecule has 72 valence electrons. The van der Waals surface area contributed by atoms with Gasteiger partial charge in [0.25, 0.3) is 0 Å². The Balaban J connectivity index is 2.59. The number of rotatable bonds is 4. The Morgan fingerprint density at radius 1 is 1.69 bits per heavy atom. The van der Waals surface area contributed by atoms with E-state index in [2.05, 4.69) is 9.89 Å². The van der Waals surface area contributed by atoms with Gasteiger partial charge in [0.1, 0.15) is 5.71 Å². The van der Waals surface area contributed by atoms with Crippen molar-refractivity contribution in [2.75, 3.05) is 6.61 Å². The third-order valence-electron chi connectivity index (χ3n) is 1.81. The molecular formula is C8H12N2O3. The summed E-state index contributed by atoms with van der Waals surface area (Å²) < 4.78 is 4.61. The van der Waals surface area contributed by atoms with Crippen LogP contribution >= 0.6 is 0 Å². The van der Waals surface area contributed by atoms with Crippen molar-refractivity contribution in [3.05, 3.63) is 0 Å². The molecule has 0 aromatic heterocycles. The summed E-state index contributed by atoms with van der Waals surface area (Å²) in [6.45, 7) is 1.89. The van der Waals surface area contributed by atoms with Crippen LogP contribution in [0.5, 0.6) is 0 Å². The first-order valence-electron chi connectivity index (χ1n) is 4.18. The van der Waals surface area contributed by atoms with E-state index in [1.54, 1.807) is 6.92 Å². The molecule has 0 amide bonds. The van der Waals surface area contributed by atoms with Crippen LogP contribution in [0.15, 0.2) is 5.16 Å². The van der Waals surface area contributed by atoms with E-state index in [0.717, 1.165) is 12.8 Å². The molecule has 0 bridgehead atoms. The lowest BCUT2D eigenvalue weighted by Crippen LogP contribution is -2.26. The van der Waals surface area contributed by atoms with Gasteiger partial charge in [-0.3, -0.25) is 5.41 Å². The first-order chi connectivity index (χ1) is 6.20. The van der Waals surface area contributed by atoms with Gasteiger partial charge in [0.15, 0.2) is 5.71 Å². The molecule has 5 heteroatoms. The lowest BCUT2D eigenvalue weighted by Gasteiger charge is -2.03. The maximum absolute atomic E-state index is 11.0. The van der Waals surface area contributed by atoms with Gasteiger partial charge in [-0.05, 0) is 19.8 Å². The van der Waals surface area contributed by atoms with Crippen LogP contribution in [0, 0.1) is 11.3 Å². The van der Waals surface area contributed by atoms with Gasteiger partial charge in [0.2, 0.25) is 0 Å². The van der Waals surface area contributed by atoms with Crippen molar-refractivity contribution in [2.45, 2.75) is 19.8 Å². The summed E-state index contributed by atoms with van der Waals surface area (Å²) in [5.41, 5.74) is -0.176. The van der Waals surface area contributed by atoms with E-state index in [0.29, 0.717) is 0 Å². The summed E-state index contributed by atoms with van der Waals surface area (Å²) >= 11 is 0. The second-order valence-electron chi connectivity index (χ2n) is 2.85. The number of nitrogens with one attached hydrogen (secondary N) is 1. The van der Waals surface area contributed by atoms with Gasteiger partial charge in [-0.15, -0.1) is 0 Å². The normalized spacial score (nSPS) is 16.8. The average molecular weight is 184 g/mol. The number of hydrogen-bond donors (Lipinski definition) is 2. The Bertz CT molecular complexity index is 256. The van der Waals surface area contributed by atoms with Crippen LogP contribution in [0.2, 0.25) is 0 Å². The Kier molecular flexibility index (Phi) is 3.00. The zero-order valence-corrected chi connectivity index (χ0v) is 7.41. The highest BCUT2D eigenvalue weighted by molar-refractivity contribution is 6.65. The van der Waals surface area contributed by atoms with E-state index < -0.39 is 5.97 Å². The fourth-order valence-electron chi connectivity index (χ4n) is 1.00. The number of esters is 1. The minimum absolute atomic E-state index is 0.0712. The summed E-state index contributed by atoms with van der Waals surface area (Å²) in [4.78, 5) is 11.0. The maximum atomic E-state index is 11.0. The van der Waals surface area contributed by atoms with Crippen molar-refractivity contribution >= 4 is 17.4 Å². The summed E-state index contributed by atoms with van der Waals surface area (Å²) in [6, 6.07) is 0. The van der Waals surface area contributed by atoms with E-state index >= 15 is 0 Å². The average Bonchev–Trinajstić information content (AvgIpc) is 2.90. The molecule has 2 N–H and O–H groups in total. The third kappa shape index (κ3) is 2.27. The Morgan fingerprint density at radius 3 is 2.69 bits per heavy atom. The van der Waals surface area contributed by atoms with Crippen molar-refractivity contribution in [1.82, 2.24) is 0 Å². The van der Waals surface area contributed by atoms with Gasteiger partial charge in [-0.25, -0.2) is 4.79 Å². The molecule has 1 saturated carbocycles. The molecule has 1 fully saturated rings. The Hall–Kier alpha value is -1.39. The Labute approximate surface area is 75.9 Å². The van der Waals surface area contributed by atoms with Gasteiger partial charge < -0.3 is 9.94 Å². The SMILES string of the molecule is CCOC(=O)C(=N)/C(=N\O)C1CC1. The highest BCUT2D eigenvalue weighted by atomic mass is 16.5. The fraction of sp³-hybridized carbons (Fsp3) is 0.625. The predicted molar refractivity (Wildman–Crippen MR) is 46.3 cm³/mol. The van der Waals surface area contributed by atoms with E-state index in [1.807, 2.05) is 0 Å². The van der Waals surface area contributed by atoms with Crippen LogP contribution in [0.4, 0.5) is 0 Å². The molecule has 0 heterocycles. The number of carbonyl (C=O) groups is 1. The van der Waals surface area contributed by atoms with Crippen molar-refractivity contribution in [3.8, 4) is 0 Å². The van der Waals surface area contributed by atoms with Crippen LogP contribution in [-0.2, 0) is 9.53 Å². The van der Waals surface area contributed by atoms with Crippen molar-refractivity contribution < 1.29 is 14.7 Å². The zero-order valence-electron chi connectivity index (χ0n) is 7.41. The third-order valence-corrected chi connectivity index (χ3v) is 1.81. The van der Waals surface area contributed by atoms with Crippen molar-refractivity contribution in [2.24, 2.45) is 11.1 Å². The summed E-state index contributed by atoms with van der Waals surface area (Å²) in [5.74, 6) is -0.649. The van der Waals surface area contributed by atoms with Crippen LogP contribution in [0.25, 0.3) is 0 Å². The zero-order chi connectivity index (χ0) is 9.84. The van der Waals surface area contributed by atoms with E-state index in [9.17, 15) is 4.79 Å². The minimum atomic E-state index is -0.720. The second-order valence-corrected chi connectivity index (χ2v) is 2.85. The Morgan fingerprint density at radius 2 is 2.31 bits per heavy atom. The first-order valence-corrected chi connectivity index (χ1v) is 4.18. The molecule has 0 spiro atoms. The van der Waals surface area contributed by atoms with Crippen molar-refractivity contribution in [3.63, 3.8) is 0 Å². The van der Waals surface area contributed by atoms with Gasteiger partial charge in [0.05, 0.1) is 6.61 Å². The fourth-order valence-corrected chi connectivity index (χ4v) is 1.00. The first kappa shape index (κ1) is 9.70. The molecule has 1 aliphatic rings. The standard InChI is InChI=1S/C8H12N2O3/c1-2-13-8(11)6(9)7(10-12)5-3-4-5/h5,9,12H,2-4H2,1H3/b9-6?,10-7-. The monoisotopic (exact) mass is 184 g/mol. The van der Waals surface area contributed by atoms with Crippen LogP contribution in [-0.4, -0.2) is 29.2 Å². The molecule has 0 aromatic carbocycles. The molecule has 0 aliphatic heterocycles. The van der Waals surface area contributed by atoms with Gasteiger partial charge in [-0.2, -0.15) is 0 Å². The second kappa shape index (κ2) is 4.02. The molecular weight excluding hydrogens is 172 g/mol.